The summed E-state index contributed by atoms with van der Waals surface area (Å²) >= 11 is 3.46. The molecule has 1 heterocycles. The second-order valence-electron chi connectivity index (χ2n) is 4.47. The maximum Gasteiger partial charge on any atom is 0.356 e. The Balaban J connectivity index is 2.72. The minimum absolute atomic E-state index is 0.0147. The van der Waals surface area contributed by atoms with Crippen molar-refractivity contribution in [2.75, 3.05) is 14.2 Å². The molecule has 0 amide bonds. The van der Waals surface area contributed by atoms with Crippen LogP contribution in [0.1, 0.15) is 16.1 Å². The fourth-order valence-corrected chi connectivity index (χ4v) is 3.06. The van der Waals surface area contributed by atoms with Gasteiger partial charge in [0.05, 0.1) is 19.9 Å². The summed E-state index contributed by atoms with van der Waals surface area (Å²) in [5.41, 5.74) is 2.28. The van der Waals surface area contributed by atoms with E-state index in [0.29, 0.717) is 21.7 Å². The van der Waals surface area contributed by atoms with Crippen molar-refractivity contribution in [3.63, 3.8) is 0 Å². The van der Waals surface area contributed by atoms with Crippen molar-refractivity contribution < 1.29 is 19.4 Å². The zero-order chi connectivity index (χ0) is 15.7. The minimum atomic E-state index is -1.07. The van der Waals surface area contributed by atoms with Crippen LogP contribution in [0.15, 0.2) is 16.6 Å². The Bertz CT molecular complexity index is 709. The first kappa shape index (κ1) is 15.4. The van der Waals surface area contributed by atoms with Crippen LogP contribution in [0, 0.1) is 6.92 Å². The van der Waals surface area contributed by atoms with Gasteiger partial charge in [-0.2, -0.15) is 5.10 Å². The topological polar surface area (TPSA) is 73.6 Å². The van der Waals surface area contributed by atoms with Crippen LogP contribution in [-0.4, -0.2) is 35.1 Å². The molecular weight excluding hydrogens is 340 g/mol. The number of carboxylic acids is 1. The molecule has 0 saturated heterocycles. The number of ether oxygens (including phenoxy) is 2. The number of carboxylic acid groups (broad SMARTS) is 1. The number of rotatable bonds is 4. The molecule has 0 spiro atoms. The average Bonchev–Trinajstić information content (AvgIpc) is 2.81. The molecular formula is C14H15BrN2O4. The molecule has 2 rings (SSSR count). The number of hydrogen-bond donors (Lipinski definition) is 1. The Morgan fingerprint density at radius 2 is 1.90 bits per heavy atom. The summed E-state index contributed by atoms with van der Waals surface area (Å²) in [6.45, 7) is 1.90. The Kier molecular flexibility index (Phi) is 4.22. The normalized spacial score (nSPS) is 10.5. The Labute approximate surface area is 130 Å². The SMILES string of the molecule is COc1c(C)cc(-c2cc(C(=O)O)nn2C)c(OC)c1Br. The predicted molar refractivity (Wildman–Crippen MR) is 81.1 cm³/mol. The lowest BCUT2D eigenvalue weighted by Gasteiger charge is -2.16. The van der Waals surface area contributed by atoms with Crippen LogP contribution in [0.4, 0.5) is 0 Å². The summed E-state index contributed by atoms with van der Waals surface area (Å²) in [5, 5.41) is 13.0. The highest BCUT2D eigenvalue weighted by atomic mass is 79.9. The molecule has 2 aromatic rings. The van der Waals surface area contributed by atoms with Crippen LogP contribution in [-0.2, 0) is 7.05 Å². The van der Waals surface area contributed by atoms with Gasteiger partial charge in [0.25, 0.3) is 0 Å². The molecule has 0 unspecified atom stereocenters. The number of aryl methyl sites for hydroxylation is 2. The molecule has 21 heavy (non-hydrogen) atoms. The van der Waals surface area contributed by atoms with E-state index in [-0.39, 0.29) is 5.69 Å². The Morgan fingerprint density at radius 3 is 2.38 bits per heavy atom. The first-order valence-electron chi connectivity index (χ1n) is 6.09. The number of aromatic nitrogens is 2. The molecule has 0 saturated carbocycles. The second kappa shape index (κ2) is 5.77. The summed E-state index contributed by atoms with van der Waals surface area (Å²) in [5.74, 6) is 0.175. The minimum Gasteiger partial charge on any atom is -0.495 e. The maximum absolute atomic E-state index is 11.1. The van der Waals surface area contributed by atoms with Gasteiger partial charge >= 0.3 is 5.97 Å². The summed E-state index contributed by atoms with van der Waals surface area (Å²) in [6.07, 6.45) is 0. The number of methoxy groups -OCH3 is 2. The fourth-order valence-electron chi connectivity index (χ4n) is 2.21. The number of aromatic carboxylic acids is 1. The Morgan fingerprint density at radius 1 is 1.29 bits per heavy atom. The molecule has 1 aromatic heterocycles. The molecule has 0 bridgehead atoms. The number of halogens is 1. The molecule has 0 aliphatic rings. The van der Waals surface area contributed by atoms with Crippen molar-refractivity contribution in [1.29, 1.82) is 0 Å². The molecule has 112 valence electrons. The summed E-state index contributed by atoms with van der Waals surface area (Å²) in [4.78, 5) is 11.1. The van der Waals surface area contributed by atoms with Crippen LogP contribution in [0.5, 0.6) is 11.5 Å². The van der Waals surface area contributed by atoms with Crippen molar-refractivity contribution in [1.82, 2.24) is 9.78 Å². The van der Waals surface area contributed by atoms with Crippen LogP contribution in [0.3, 0.4) is 0 Å². The molecule has 7 heteroatoms. The van der Waals surface area contributed by atoms with E-state index in [0.717, 1.165) is 11.1 Å². The van der Waals surface area contributed by atoms with Crippen LogP contribution < -0.4 is 9.47 Å². The predicted octanol–water partition coefficient (Wildman–Crippen LogP) is 2.87. The van der Waals surface area contributed by atoms with Crippen molar-refractivity contribution in [3.8, 4) is 22.8 Å². The quantitative estimate of drug-likeness (QED) is 0.913. The van der Waals surface area contributed by atoms with E-state index in [4.69, 9.17) is 14.6 Å². The fraction of sp³-hybridized carbons (Fsp3) is 0.286. The summed E-state index contributed by atoms with van der Waals surface area (Å²) < 4.78 is 13.0. The maximum atomic E-state index is 11.1. The monoisotopic (exact) mass is 354 g/mol. The lowest BCUT2D eigenvalue weighted by Crippen LogP contribution is -2.00. The third kappa shape index (κ3) is 2.61. The highest BCUT2D eigenvalue weighted by Gasteiger charge is 2.21. The van der Waals surface area contributed by atoms with Gasteiger partial charge < -0.3 is 14.6 Å². The zero-order valence-corrected chi connectivity index (χ0v) is 13.7. The number of nitrogens with zero attached hydrogens (tertiary/aromatic N) is 2. The van der Waals surface area contributed by atoms with E-state index >= 15 is 0 Å². The van der Waals surface area contributed by atoms with Crippen LogP contribution in [0.25, 0.3) is 11.3 Å². The second-order valence-corrected chi connectivity index (χ2v) is 5.26. The molecule has 6 nitrogen and oxygen atoms in total. The lowest BCUT2D eigenvalue weighted by atomic mass is 10.1. The van der Waals surface area contributed by atoms with Gasteiger partial charge in [-0.15, -0.1) is 0 Å². The summed E-state index contributed by atoms with van der Waals surface area (Å²) in [6, 6.07) is 3.39. The van der Waals surface area contributed by atoms with Crippen molar-refractivity contribution >= 4 is 21.9 Å². The van der Waals surface area contributed by atoms with Crippen molar-refractivity contribution in [2.45, 2.75) is 6.92 Å². The third-order valence-corrected chi connectivity index (χ3v) is 3.87. The average molecular weight is 355 g/mol. The van der Waals surface area contributed by atoms with Gasteiger partial charge in [-0.05, 0) is 40.5 Å². The highest BCUT2D eigenvalue weighted by Crippen LogP contribution is 2.44. The van der Waals surface area contributed by atoms with Gasteiger partial charge in [0.1, 0.15) is 16.0 Å². The summed E-state index contributed by atoms with van der Waals surface area (Å²) in [7, 11) is 4.82. The standard InChI is InChI=1S/C14H15BrN2O4/c1-7-5-8(13(21-4)11(15)12(7)20-3)10-6-9(14(18)19)16-17(10)2/h5-6H,1-4H3,(H,18,19). The van der Waals surface area contributed by atoms with Crippen LogP contribution in [0.2, 0.25) is 0 Å². The Hall–Kier alpha value is -2.02. The zero-order valence-electron chi connectivity index (χ0n) is 12.1. The molecule has 0 aliphatic heterocycles. The van der Waals surface area contributed by atoms with Gasteiger partial charge in [0.2, 0.25) is 0 Å². The molecule has 0 atom stereocenters. The lowest BCUT2D eigenvalue weighted by molar-refractivity contribution is 0.0689. The van der Waals surface area contributed by atoms with Gasteiger partial charge in [-0.3, -0.25) is 4.68 Å². The van der Waals surface area contributed by atoms with Gasteiger partial charge in [-0.25, -0.2) is 4.79 Å². The number of carbonyl (C=O) groups is 1. The smallest absolute Gasteiger partial charge is 0.356 e. The van der Waals surface area contributed by atoms with E-state index < -0.39 is 5.97 Å². The van der Waals surface area contributed by atoms with Crippen molar-refractivity contribution in [3.05, 3.63) is 27.9 Å². The van der Waals surface area contributed by atoms with Gasteiger partial charge in [0, 0.05) is 12.6 Å². The molecule has 1 N–H and O–H groups in total. The van der Waals surface area contributed by atoms with Crippen molar-refractivity contribution in [2.24, 2.45) is 7.05 Å². The molecule has 0 aliphatic carbocycles. The third-order valence-electron chi connectivity index (χ3n) is 3.15. The molecule has 0 radical (unpaired) electrons. The van der Waals surface area contributed by atoms with E-state index in [9.17, 15) is 4.79 Å². The van der Waals surface area contributed by atoms with E-state index in [2.05, 4.69) is 21.0 Å². The highest BCUT2D eigenvalue weighted by molar-refractivity contribution is 9.10. The van der Waals surface area contributed by atoms with Crippen LogP contribution >= 0.6 is 15.9 Å². The first-order valence-corrected chi connectivity index (χ1v) is 6.88. The van der Waals surface area contributed by atoms with E-state index in [1.165, 1.54) is 10.7 Å². The molecule has 1 aromatic carbocycles. The largest absolute Gasteiger partial charge is 0.495 e. The number of hydrogen-bond acceptors (Lipinski definition) is 4. The van der Waals surface area contributed by atoms with E-state index in [1.807, 2.05) is 13.0 Å². The molecule has 0 fully saturated rings. The first-order chi connectivity index (χ1) is 9.90. The van der Waals surface area contributed by atoms with Gasteiger partial charge in [0.15, 0.2) is 5.69 Å². The van der Waals surface area contributed by atoms with E-state index in [1.54, 1.807) is 21.3 Å². The number of benzene rings is 1. The van der Waals surface area contributed by atoms with Gasteiger partial charge in [-0.1, -0.05) is 0 Å².